The molecule has 4 rings (SSSR count). The fourth-order valence-corrected chi connectivity index (χ4v) is 5.95. The van der Waals surface area contributed by atoms with Gasteiger partial charge >= 0.3 is 6.09 Å². The number of phenolic OH excluding ortho intramolecular Hbond substituents is 1. The minimum Gasteiger partial charge on any atom is -0.508 e. The topological polar surface area (TPSA) is 128 Å². The highest BCUT2D eigenvalue weighted by Crippen LogP contribution is 2.33. The van der Waals surface area contributed by atoms with E-state index < -0.39 is 47.0 Å². The van der Waals surface area contributed by atoms with Gasteiger partial charge in [0.1, 0.15) is 29.5 Å². The Morgan fingerprint density at radius 2 is 1.69 bits per heavy atom. The molecule has 3 unspecified atom stereocenters. The van der Waals surface area contributed by atoms with Crippen LogP contribution in [0.1, 0.15) is 89.6 Å². The quantitative estimate of drug-likeness (QED) is 0.432. The summed E-state index contributed by atoms with van der Waals surface area (Å²) in [6.07, 6.45) is 2.33. The van der Waals surface area contributed by atoms with Crippen LogP contribution in [0.2, 0.25) is 0 Å². The van der Waals surface area contributed by atoms with Gasteiger partial charge < -0.3 is 25.4 Å². The Morgan fingerprint density at radius 3 is 2.36 bits per heavy atom. The van der Waals surface area contributed by atoms with Crippen molar-refractivity contribution in [3.8, 4) is 5.75 Å². The minimum absolute atomic E-state index is 0.0718. The molecular weight excluding hydrogens is 572 g/mol. The van der Waals surface area contributed by atoms with E-state index in [0.717, 1.165) is 36.0 Å². The second-order valence-corrected chi connectivity index (χ2v) is 14.4. The molecule has 2 aromatic carbocycles. The van der Waals surface area contributed by atoms with E-state index in [1.54, 1.807) is 45.9 Å². The normalized spacial score (nSPS) is 19.3. The standard InChI is InChI=1S/C35H48N4O6/c1-21(38(8)33(44)45-35(5,6)7)30(41)37-29(34(2,3)4)32(43)39-20-24-18-25(40)17-16-23(24)19-28(39)31(42)36-27-15-11-13-22-12-9-10-14-26(22)27/h9-10,12,14,16-18,21,27-29,40H,11,13,15,19-20H2,1-8H3,(H,36,42)(H,37,41)/t21-,27?,28?,29?/m0/s1. The summed E-state index contributed by atoms with van der Waals surface area (Å²) in [6, 6.07) is 10.2. The third-order valence-electron chi connectivity index (χ3n) is 8.63. The number of benzene rings is 2. The monoisotopic (exact) mass is 620 g/mol. The van der Waals surface area contributed by atoms with Gasteiger partial charge in [0, 0.05) is 20.0 Å². The van der Waals surface area contributed by atoms with E-state index in [9.17, 15) is 24.3 Å². The predicted molar refractivity (Wildman–Crippen MR) is 171 cm³/mol. The average molecular weight is 621 g/mol. The van der Waals surface area contributed by atoms with Crippen LogP contribution in [0.3, 0.4) is 0 Å². The highest BCUT2D eigenvalue weighted by atomic mass is 16.6. The smallest absolute Gasteiger partial charge is 0.410 e. The molecule has 244 valence electrons. The number of likely N-dealkylation sites (N-methyl/N-ethyl adjacent to an activating group) is 1. The summed E-state index contributed by atoms with van der Waals surface area (Å²) in [5.41, 5.74) is 2.46. The number of aromatic hydroxyl groups is 1. The van der Waals surface area contributed by atoms with Gasteiger partial charge in [-0.2, -0.15) is 0 Å². The van der Waals surface area contributed by atoms with Crippen molar-refractivity contribution in [2.45, 2.75) is 110 Å². The molecule has 45 heavy (non-hydrogen) atoms. The Kier molecular flexibility index (Phi) is 9.85. The van der Waals surface area contributed by atoms with Crippen LogP contribution >= 0.6 is 0 Å². The van der Waals surface area contributed by atoms with Crippen molar-refractivity contribution < 1.29 is 29.0 Å². The van der Waals surface area contributed by atoms with Gasteiger partial charge in [-0.25, -0.2) is 4.79 Å². The van der Waals surface area contributed by atoms with Crippen LogP contribution in [0.5, 0.6) is 5.75 Å². The Labute approximate surface area is 266 Å². The van der Waals surface area contributed by atoms with Gasteiger partial charge in [-0.15, -0.1) is 0 Å². The number of fused-ring (bicyclic) bond motifs is 2. The van der Waals surface area contributed by atoms with E-state index in [4.69, 9.17) is 4.74 Å². The number of rotatable bonds is 6. The van der Waals surface area contributed by atoms with Crippen molar-refractivity contribution in [2.75, 3.05) is 7.05 Å². The zero-order valence-electron chi connectivity index (χ0n) is 27.8. The molecule has 10 nitrogen and oxygen atoms in total. The van der Waals surface area contributed by atoms with Gasteiger partial charge in [0.25, 0.3) is 0 Å². The molecule has 1 aliphatic carbocycles. The fraction of sp³-hybridized carbons (Fsp3) is 0.543. The van der Waals surface area contributed by atoms with Gasteiger partial charge in [-0.05, 0) is 86.8 Å². The van der Waals surface area contributed by atoms with Gasteiger partial charge in [0.05, 0.1) is 6.04 Å². The van der Waals surface area contributed by atoms with Crippen LogP contribution in [-0.4, -0.2) is 69.5 Å². The molecule has 0 aromatic heterocycles. The van der Waals surface area contributed by atoms with Gasteiger partial charge in [-0.3, -0.25) is 19.3 Å². The maximum absolute atomic E-state index is 14.5. The van der Waals surface area contributed by atoms with Crippen LogP contribution in [0.4, 0.5) is 4.79 Å². The zero-order chi connectivity index (χ0) is 33.3. The number of hydrogen-bond donors (Lipinski definition) is 3. The molecule has 1 aliphatic heterocycles. The molecule has 2 aliphatic rings. The molecule has 0 saturated heterocycles. The molecule has 0 saturated carbocycles. The van der Waals surface area contributed by atoms with Crippen LogP contribution < -0.4 is 10.6 Å². The first kappa shape index (κ1) is 33.8. The van der Waals surface area contributed by atoms with E-state index in [0.29, 0.717) is 0 Å². The SMILES string of the molecule is C[C@@H](C(=O)NC(C(=O)N1Cc2cc(O)ccc2CC1C(=O)NC1CCCc2ccccc21)C(C)(C)C)N(C)C(=O)OC(C)(C)C. The predicted octanol–water partition coefficient (Wildman–Crippen LogP) is 4.63. The lowest BCUT2D eigenvalue weighted by molar-refractivity contribution is -0.147. The minimum atomic E-state index is -1.01. The van der Waals surface area contributed by atoms with Gasteiger partial charge in [-0.1, -0.05) is 51.1 Å². The zero-order valence-corrected chi connectivity index (χ0v) is 27.8. The highest BCUT2D eigenvalue weighted by molar-refractivity contribution is 5.94. The molecule has 3 N–H and O–H groups in total. The van der Waals surface area contributed by atoms with Gasteiger partial charge in [0.15, 0.2) is 0 Å². The largest absolute Gasteiger partial charge is 0.508 e. The molecule has 4 atom stereocenters. The summed E-state index contributed by atoms with van der Waals surface area (Å²) in [5, 5.41) is 16.3. The molecule has 1 heterocycles. The summed E-state index contributed by atoms with van der Waals surface area (Å²) >= 11 is 0. The molecule has 0 radical (unpaired) electrons. The lowest BCUT2D eigenvalue weighted by Crippen LogP contribution is -2.62. The lowest BCUT2D eigenvalue weighted by Gasteiger charge is -2.42. The van der Waals surface area contributed by atoms with E-state index in [-0.39, 0.29) is 30.7 Å². The number of aryl methyl sites for hydroxylation is 1. The first-order valence-electron chi connectivity index (χ1n) is 15.7. The Balaban J connectivity index is 1.61. The van der Waals surface area contributed by atoms with Crippen molar-refractivity contribution in [2.24, 2.45) is 5.41 Å². The summed E-state index contributed by atoms with van der Waals surface area (Å²) in [6.45, 7) is 12.4. The number of amides is 4. The number of ether oxygens (including phenoxy) is 1. The molecule has 10 heteroatoms. The summed E-state index contributed by atoms with van der Waals surface area (Å²) in [7, 11) is 1.48. The van der Waals surface area contributed by atoms with Crippen LogP contribution in [-0.2, 0) is 38.5 Å². The second kappa shape index (κ2) is 13.1. The van der Waals surface area contributed by atoms with Crippen LogP contribution in [0, 0.1) is 5.41 Å². The molecule has 0 bridgehead atoms. The number of phenols is 1. The van der Waals surface area contributed by atoms with E-state index in [1.807, 2.05) is 39.0 Å². The second-order valence-electron chi connectivity index (χ2n) is 14.4. The first-order chi connectivity index (χ1) is 21.0. The summed E-state index contributed by atoms with van der Waals surface area (Å²) in [4.78, 5) is 57.4. The lowest BCUT2D eigenvalue weighted by atomic mass is 9.83. The van der Waals surface area contributed by atoms with Gasteiger partial charge in [0.2, 0.25) is 17.7 Å². The van der Waals surface area contributed by atoms with Crippen molar-refractivity contribution in [1.82, 2.24) is 20.4 Å². The number of nitrogens with zero attached hydrogens (tertiary/aromatic N) is 2. The average Bonchev–Trinajstić information content (AvgIpc) is 2.96. The van der Waals surface area contributed by atoms with Crippen LogP contribution in [0.25, 0.3) is 0 Å². The number of nitrogens with one attached hydrogen (secondary N) is 2. The maximum atomic E-state index is 14.5. The van der Waals surface area contributed by atoms with Crippen molar-refractivity contribution >= 4 is 23.8 Å². The van der Waals surface area contributed by atoms with E-state index in [2.05, 4.69) is 16.7 Å². The number of hydrogen-bond acceptors (Lipinski definition) is 6. The highest BCUT2D eigenvalue weighted by Gasteiger charge is 2.43. The number of carbonyl (C=O) groups excluding carboxylic acids is 4. The van der Waals surface area contributed by atoms with E-state index in [1.165, 1.54) is 22.4 Å². The molecule has 0 fully saturated rings. The van der Waals surface area contributed by atoms with Crippen LogP contribution in [0.15, 0.2) is 42.5 Å². The van der Waals surface area contributed by atoms with Crippen molar-refractivity contribution in [3.63, 3.8) is 0 Å². The van der Waals surface area contributed by atoms with Crippen molar-refractivity contribution in [1.29, 1.82) is 0 Å². The molecule has 4 amide bonds. The Morgan fingerprint density at radius 1 is 1.00 bits per heavy atom. The third-order valence-corrected chi connectivity index (χ3v) is 8.63. The van der Waals surface area contributed by atoms with E-state index >= 15 is 0 Å². The third kappa shape index (κ3) is 7.96. The Bertz CT molecular complexity index is 1440. The summed E-state index contributed by atoms with van der Waals surface area (Å²) < 4.78 is 5.42. The summed E-state index contributed by atoms with van der Waals surface area (Å²) in [5.74, 6) is -1.13. The first-order valence-corrected chi connectivity index (χ1v) is 15.7. The fourth-order valence-electron chi connectivity index (χ4n) is 5.95. The molecule has 2 aromatic rings. The number of carbonyl (C=O) groups is 4. The molecule has 0 spiro atoms. The maximum Gasteiger partial charge on any atom is 0.410 e. The van der Waals surface area contributed by atoms with Crippen molar-refractivity contribution in [3.05, 3.63) is 64.7 Å². The molecular formula is C35H48N4O6. The Hall–Kier alpha value is -4.08.